The number of halogens is 1. The number of allylic oxidation sites excluding steroid dienone is 4. The van der Waals surface area contributed by atoms with Crippen LogP contribution in [0.1, 0.15) is 55.6 Å². The molecular formula is C27H26BrNO4. The zero-order valence-corrected chi connectivity index (χ0v) is 20.2. The van der Waals surface area contributed by atoms with Crippen molar-refractivity contribution in [2.45, 2.75) is 51.0 Å². The number of ketones is 2. The molecule has 2 aromatic carbocycles. The molecule has 0 radical (unpaired) electrons. The minimum Gasteiger partial charge on any atom is -0.493 e. The first-order valence-corrected chi connectivity index (χ1v) is 12.2. The Morgan fingerprint density at radius 3 is 2.18 bits per heavy atom. The quantitative estimate of drug-likeness (QED) is 0.559. The van der Waals surface area contributed by atoms with Gasteiger partial charge in [0.1, 0.15) is 6.61 Å². The molecule has 3 aliphatic rings. The predicted octanol–water partition coefficient (Wildman–Crippen LogP) is 5.74. The fourth-order valence-corrected chi connectivity index (χ4v) is 5.67. The van der Waals surface area contributed by atoms with Gasteiger partial charge in [-0.25, -0.2) is 0 Å². The highest BCUT2D eigenvalue weighted by Crippen LogP contribution is 2.48. The fraction of sp³-hybridized carbons (Fsp3) is 0.333. The van der Waals surface area contributed by atoms with Crippen molar-refractivity contribution in [2.75, 3.05) is 7.11 Å². The average Bonchev–Trinajstić information content (AvgIpc) is 2.82. The lowest BCUT2D eigenvalue weighted by Crippen LogP contribution is -2.36. The van der Waals surface area contributed by atoms with Crippen LogP contribution < -0.4 is 14.8 Å². The normalized spacial score (nSPS) is 18.6. The lowest BCUT2D eigenvalue weighted by Gasteiger charge is -2.37. The van der Waals surface area contributed by atoms with Crippen molar-refractivity contribution >= 4 is 27.5 Å². The number of ether oxygens (including phenoxy) is 2. The van der Waals surface area contributed by atoms with Gasteiger partial charge >= 0.3 is 0 Å². The standard InChI is InChI=1S/C27H26BrNO4/c1-32-23-14-17(13-18(28)27(23)33-15-16-7-3-2-4-8-16)24-25-19(9-5-11-21(25)30)29-20-10-6-12-22(31)26(20)24/h2-4,7-8,13-14,24,29H,5-6,9-12,15H2,1H3. The first-order valence-electron chi connectivity index (χ1n) is 11.4. The SMILES string of the molecule is COc1cc(C2C3=C(CCCC3=O)NC3=C2C(=O)CCC3)cc(Br)c1OCc1ccccc1. The zero-order chi connectivity index (χ0) is 22.9. The molecule has 1 N–H and O–H groups in total. The lowest BCUT2D eigenvalue weighted by atomic mass is 9.71. The summed E-state index contributed by atoms with van der Waals surface area (Å²) in [6, 6.07) is 13.8. The molecule has 2 aliphatic carbocycles. The summed E-state index contributed by atoms with van der Waals surface area (Å²) < 4.78 is 12.5. The van der Waals surface area contributed by atoms with E-state index in [-0.39, 0.29) is 17.5 Å². The summed E-state index contributed by atoms with van der Waals surface area (Å²) in [6.07, 6.45) is 4.38. The van der Waals surface area contributed by atoms with Crippen LogP contribution in [0.5, 0.6) is 11.5 Å². The van der Waals surface area contributed by atoms with Crippen LogP contribution in [-0.4, -0.2) is 18.7 Å². The van der Waals surface area contributed by atoms with Crippen molar-refractivity contribution in [3.63, 3.8) is 0 Å². The maximum Gasteiger partial charge on any atom is 0.175 e. The molecule has 5 nitrogen and oxygen atoms in total. The molecule has 0 atom stereocenters. The Labute approximate surface area is 202 Å². The second kappa shape index (κ2) is 9.18. The van der Waals surface area contributed by atoms with Gasteiger partial charge in [-0.2, -0.15) is 0 Å². The van der Waals surface area contributed by atoms with Crippen LogP contribution in [0.15, 0.2) is 69.5 Å². The van der Waals surface area contributed by atoms with Gasteiger partial charge in [-0.15, -0.1) is 0 Å². The van der Waals surface area contributed by atoms with E-state index in [1.165, 1.54) is 0 Å². The number of Topliss-reactive ketones (excluding diaryl/α,β-unsaturated/α-hetero) is 2. The molecule has 0 aromatic heterocycles. The maximum atomic E-state index is 13.1. The molecule has 1 aliphatic heterocycles. The Kier molecular flexibility index (Phi) is 6.11. The summed E-state index contributed by atoms with van der Waals surface area (Å²) in [5, 5.41) is 3.46. The van der Waals surface area contributed by atoms with E-state index in [1.54, 1.807) is 7.11 Å². The van der Waals surface area contributed by atoms with Crippen molar-refractivity contribution in [2.24, 2.45) is 0 Å². The smallest absolute Gasteiger partial charge is 0.175 e. The Balaban J connectivity index is 1.57. The maximum absolute atomic E-state index is 13.1. The number of dihydropyridines is 1. The summed E-state index contributed by atoms with van der Waals surface area (Å²) in [5.74, 6) is 1.05. The molecule has 0 saturated heterocycles. The third-order valence-electron chi connectivity index (χ3n) is 6.60. The van der Waals surface area contributed by atoms with Crippen molar-refractivity contribution in [3.05, 3.63) is 80.6 Å². The van der Waals surface area contributed by atoms with Crippen molar-refractivity contribution in [1.82, 2.24) is 5.32 Å². The molecule has 0 unspecified atom stereocenters. The molecule has 0 amide bonds. The van der Waals surface area contributed by atoms with E-state index < -0.39 is 0 Å². The van der Waals surface area contributed by atoms with Gasteiger partial charge < -0.3 is 14.8 Å². The van der Waals surface area contributed by atoms with Crippen LogP contribution in [0.2, 0.25) is 0 Å². The van der Waals surface area contributed by atoms with Gasteiger partial charge in [0, 0.05) is 41.3 Å². The molecule has 0 fully saturated rings. The highest BCUT2D eigenvalue weighted by Gasteiger charge is 2.40. The number of carbonyl (C=O) groups is 2. The van der Waals surface area contributed by atoms with Gasteiger partial charge in [-0.05, 0) is 64.9 Å². The van der Waals surface area contributed by atoms with Gasteiger partial charge in [-0.1, -0.05) is 30.3 Å². The lowest BCUT2D eigenvalue weighted by molar-refractivity contribution is -0.116. The fourth-order valence-electron chi connectivity index (χ4n) is 5.09. The molecule has 1 heterocycles. The van der Waals surface area contributed by atoms with Crippen LogP contribution in [0, 0.1) is 0 Å². The van der Waals surface area contributed by atoms with E-state index in [4.69, 9.17) is 9.47 Å². The van der Waals surface area contributed by atoms with Crippen LogP contribution in [0.4, 0.5) is 0 Å². The van der Waals surface area contributed by atoms with E-state index in [0.29, 0.717) is 30.9 Å². The molecule has 6 heteroatoms. The zero-order valence-electron chi connectivity index (χ0n) is 18.6. The Hall–Kier alpha value is -2.86. The molecule has 33 heavy (non-hydrogen) atoms. The first kappa shape index (κ1) is 22.0. The summed E-state index contributed by atoms with van der Waals surface area (Å²) >= 11 is 3.66. The second-order valence-electron chi connectivity index (χ2n) is 8.70. The number of hydrogen-bond donors (Lipinski definition) is 1. The predicted molar refractivity (Wildman–Crippen MR) is 129 cm³/mol. The number of nitrogens with one attached hydrogen (secondary N) is 1. The number of methoxy groups -OCH3 is 1. The summed E-state index contributed by atoms with van der Waals surface area (Å²) in [7, 11) is 1.61. The second-order valence-corrected chi connectivity index (χ2v) is 9.56. The van der Waals surface area contributed by atoms with E-state index in [1.807, 2.05) is 42.5 Å². The first-order chi connectivity index (χ1) is 16.1. The number of hydrogen-bond acceptors (Lipinski definition) is 5. The van der Waals surface area contributed by atoms with E-state index in [9.17, 15) is 9.59 Å². The average molecular weight is 508 g/mol. The summed E-state index contributed by atoms with van der Waals surface area (Å²) in [4.78, 5) is 26.1. The Bertz CT molecular complexity index is 1140. The minimum absolute atomic E-state index is 0.123. The summed E-state index contributed by atoms with van der Waals surface area (Å²) in [6.45, 7) is 0.407. The van der Waals surface area contributed by atoms with E-state index >= 15 is 0 Å². The van der Waals surface area contributed by atoms with Gasteiger partial charge in [-0.3, -0.25) is 9.59 Å². The molecule has 0 saturated carbocycles. The van der Waals surface area contributed by atoms with Gasteiger partial charge in [0.25, 0.3) is 0 Å². The minimum atomic E-state index is -0.370. The molecule has 2 aromatic rings. The third-order valence-corrected chi connectivity index (χ3v) is 7.19. The molecule has 170 valence electrons. The largest absolute Gasteiger partial charge is 0.493 e. The highest BCUT2D eigenvalue weighted by molar-refractivity contribution is 9.10. The van der Waals surface area contributed by atoms with E-state index in [2.05, 4.69) is 21.2 Å². The van der Waals surface area contributed by atoms with Crippen LogP contribution in [-0.2, 0) is 16.2 Å². The topological polar surface area (TPSA) is 64.6 Å². The van der Waals surface area contributed by atoms with Crippen molar-refractivity contribution < 1.29 is 19.1 Å². The Morgan fingerprint density at radius 2 is 1.58 bits per heavy atom. The Morgan fingerprint density at radius 1 is 0.939 bits per heavy atom. The number of benzene rings is 2. The van der Waals surface area contributed by atoms with Gasteiger partial charge in [0.15, 0.2) is 23.1 Å². The molecule has 0 bridgehead atoms. The highest BCUT2D eigenvalue weighted by atomic mass is 79.9. The van der Waals surface area contributed by atoms with Crippen LogP contribution in [0.3, 0.4) is 0 Å². The van der Waals surface area contributed by atoms with E-state index in [0.717, 1.165) is 63.8 Å². The molecule has 5 rings (SSSR count). The van der Waals surface area contributed by atoms with Gasteiger partial charge in [0.2, 0.25) is 0 Å². The monoisotopic (exact) mass is 507 g/mol. The van der Waals surface area contributed by atoms with Crippen molar-refractivity contribution in [3.8, 4) is 11.5 Å². The number of carbonyl (C=O) groups excluding carboxylic acids is 2. The van der Waals surface area contributed by atoms with Crippen molar-refractivity contribution in [1.29, 1.82) is 0 Å². The third kappa shape index (κ3) is 4.12. The number of rotatable bonds is 5. The molecule has 0 spiro atoms. The molecular weight excluding hydrogens is 482 g/mol. The van der Waals surface area contributed by atoms with Crippen LogP contribution >= 0.6 is 15.9 Å². The van der Waals surface area contributed by atoms with Crippen LogP contribution in [0.25, 0.3) is 0 Å². The van der Waals surface area contributed by atoms with Gasteiger partial charge in [0.05, 0.1) is 11.6 Å². The summed E-state index contributed by atoms with van der Waals surface area (Å²) in [5.41, 5.74) is 5.36.